The highest BCUT2D eigenvalue weighted by Crippen LogP contribution is 2.59. The summed E-state index contributed by atoms with van der Waals surface area (Å²) in [7, 11) is 0. The minimum atomic E-state index is 0.230. The van der Waals surface area contributed by atoms with Crippen LogP contribution in [0.4, 0.5) is 11.4 Å². The SMILES string of the molecule is CCCCC12CC(CI)N(c3ccccc31)c1ccccc12. The Morgan fingerprint density at radius 3 is 2.18 bits per heavy atom. The quantitative estimate of drug-likeness (QED) is 0.459. The summed E-state index contributed by atoms with van der Waals surface area (Å²) in [5.74, 6) is 0. The van der Waals surface area contributed by atoms with E-state index in [1.807, 2.05) is 0 Å². The van der Waals surface area contributed by atoms with Gasteiger partial charge in [0, 0.05) is 27.3 Å². The second-order valence-corrected chi connectivity index (χ2v) is 7.48. The third-order valence-corrected chi connectivity index (χ3v) is 6.46. The molecule has 3 aliphatic heterocycles. The van der Waals surface area contributed by atoms with Gasteiger partial charge in [-0.2, -0.15) is 0 Å². The molecule has 0 radical (unpaired) electrons. The molecule has 0 spiro atoms. The molecule has 1 unspecified atom stereocenters. The minimum absolute atomic E-state index is 0.230. The number of hydrogen-bond donors (Lipinski definition) is 0. The topological polar surface area (TPSA) is 3.24 Å². The first-order valence-electron chi connectivity index (χ1n) is 8.36. The second-order valence-electron chi connectivity index (χ2n) is 6.60. The van der Waals surface area contributed by atoms with Crippen molar-refractivity contribution < 1.29 is 0 Å². The third kappa shape index (κ3) is 1.89. The summed E-state index contributed by atoms with van der Waals surface area (Å²) in [6.45, 7) is 2.31. The molecule has 0 amide bonds. The van der Waals surface area contributed by atoms with E-state index in [4.69, 9.17) is 0 Å². The number of fused-ring (bicyclic) bond motifs is 1. The lowest BCUT2D eigenvalue weighted by Gasteiger charge is -2.55. The van der Waals surface area contributed by atoms with Gasteiger partial charge >= 0.3 is 0 Å². The van der Waals surface area contributed by atoms with Crippen LogP contribution in [0.3, 0.4) is 0 Å². The average Bonchev–Trinajstić information content (AvgIpc) is 2.60. The van der Waals surface area contributed by atoms with E-state index in [0.717, 1.165) is 0 Å². The summed E-state index contributed by atoms with van der Waals surface area (Å²) in [6, 6.07) is 18.8. The van der Waals surface area contributed by atoms with E-state index in [1.54, 1.807) is 11.1 Å². The van der Waals surface area contributed by atoms with Crippen molar-refractivity contribution in [3.63, 3.8) is 0 Å². The van der Waals surface area contributed by atoms with E-state index in [-0.39, 0.29) is 5.41 Å². The molecule has 3 heterocycles. The van der Waals surface area contributed by atoms with Crippen LogP contribution in [-0.2, 0) is 5.41 Å². The van der Waals surface area contributed by atoms with Gasteiger partial charge in [-0.15, -0.1) is 0 Å². The van der Waals surface area contributed by atoms with Crippen LogP contribution in [-0.4, -0.2) is 10.5 Å². The molecule has 0 aliphatic carbocycles. The number of para-hydroxylation sites is 2. The fourth-order valence-corrected chi connectivity index (χ4v) is 5.24. The molecular weight excluding hydrogens is 381 g/mol. The van der Waals surface area contributed by atoms with Crippen molar-refractivity contribution in [1.29, 1.82) is 0 Å². The van der Waals surface area contributed by atoms with E-state index in [2.05, 4.69) is 82.9 Å². The van der Waals surface area contributed by atoms with Crippen LogP contribution in [0, 0.1) is 0 Å². The fourth-order valence-electron chi connectivity index (χ4n) is 4.53. The van der Waals surface area contributed by atoms with Gasteiger partial charge in [0.2, 0.25) is 0 Å². The van der Waals surface area contributed by atoms with Gasteiger partial charge in [-0.1, -0.05) is 78.8 Å². The summed E-state index contributed by atoms with van der Waals surface area (Å²) in [4.78, 5) is 2.60. The molecule has 0 aromatic heterocycles. The Morgan fingerprint density at radius 2 is 1.64 bits per heavy atom. The second kappa shape index (κ2) is 5.55. The molecule has 3 aliphatic rings. The van der Waals surface area contributed by atoms with Crippen LogP contribution in [0.15, 0.2) is 48.5 Å². The Kier molecular flexibility index (Phi) is 3.67. The van der Waals surface area contributed by atoms with Gasteiger partial charge in [-0.3, -0.25) is 0 Å². The maximum atomic E-state index is 2.60. The maximum Gasteiger partial charge on any atom is 0.0455 e. The van der Waals surface area contributed by atoms with Crippen LogP contribution < -0.4 is 4.90 Å². The van der Waals surface area contributed by atoms with Gasteiger partial charge < -0.3 is 4.90 Å². The summed E-state index contributed by atoms with van der Waals surface area (Å²) < 4.78 is 1.19. The largest absolute Gasteiger partial charge is 0.337 e. The molecule has 22 heavy (non-hydrogen) atoms. The first-order valence-corrected chi connectivity index (χ1v) is 9.88. The lowest BCUT2D eigenvalue weighted by Crippen LogP contribution is -2.51. The standard InChI is InChI=1S/C20H22IN/c1-2-3-12-20-13-15(14-21)22(18-10-6-4-8-16(18)20)19-11-7-5-9-17(19)20/h4-11,15H,2-3,12-14H2,1H3. The van der Waals surface area contributed by atoms with Crippen molar-refractivity contribution in [2.75, 3.05) is 9.33 Å². The highest BCUT2D eigenvalue weighted by molar-refractivity contribution is 14.1. The van der Waals surface area contributed by atoms with Crippen LogP contribution in [0.5, 0.6) is 0 Å². The molecule has 2 aromatic rings. The molecule has 2 aromatic carbocycles. The predicted molar refractivity (Wildman–Crippen MR) is 103 cm³/mol. The molecule has 0 fully saturated rings. The molecule has 1 atom stereocenters. The lowest BCUT2D eigenvalue weighted by molar-refractivity contribution is 0.358. The van der Waals surface area contributed by atoms with E-state index in [9.17, 15) is 0 Å². The Hall–Kier alpha value is -1.03. The summed E-state index contributed by atoms with van der Waals surface area (Å²) in [6.07, 6.45) is 5.11. The Bertz CT molecular complexity index is 646. The molecule has 0 N–H and O–H groups in total. The van der Waals surface area contributed by atoms with Crippen molar-refractivity contribution in [2.45, 2.75) is 44.1 Å². The number of halogens is 1. The Morgan fingerprint density at radius 1 is 1.05 bits per heavy atom. The van der Waals surface area contributed by atoms with Crippen molar-refractivity contribution in [3.05, 3.63) is 59.7 Å². The van der Waals surface area contributed by atoms with Gasteiger partial charge in [0.25, 0.3) is 0 Å². The zero-order valence-electron chi connectivity index (χ0n) is 13.1. The molecule has 5 rings (SSSR count). The summed E-state index contributed by atoms with van der Waals surface area (Å²) in [5, 5.41) is 0. The number of rotatable bonds is 4. The van der Waals surface area contributed by atoms with Gasteiger partial charge in [0.1, 0.15) is 0 Å². The molecule has 1 nitrogen and oxygen atoms in total. The summed E-state index contributed by atoms with van der Waals surface area (Å²) >= 11 is 2.57. The first kappa shape index (κ1) is 14.6. The van der Waals surface area contributed by atoms with Crippen molar-refractivity contribution >= 4 is 34.0 Å². The van der Waals surface area contributed by atoms with Crippen molar-refractivity contribution in [2.24, 2.45) is 0 Å². The molecule has 0 saturated heterocycles. The van der Waals surface area contributed by atoms with Crippen LogP contribution in [0.1, 0.15) is 43.7 Å². The highest BCUT2D eigenvalue weighted by atomic mass is 127. The van der Waals surface area contributed by atoms with Crippen LogP contribution in [0.2, 0.25) is 0 Å². The van der Waals surface area contributed by atoms with E-state index >= 15 is 0 Å². The van der Waals surface area contributed by atoms with Gasteiger partial charge in [0.05, 0.1) is 0 Å². The average molecular weight is 403 g/mol. The lowest BCUT2D eigenvalue weighted by atomic mass is 9.61. The van der Waals surface area contributed by atoms with Gasteiger partial charge in [-0.05, 0) is 36.1 Å². The molecule has 2 bridgehead atoms. The fraction of sp³-hybridized carbons (Fsp3) is 0.400. The first-order chi connectivity index (χ1) is 10.8. The Labute approximate surface area is 146 Å². The van der Waals surface area contributed by atoms with E-state index in [0.29, 0.717) is 6.04 Å². The van der Waals surface area contributed by atoms with Crippen molar-refractivity contribution in [3.8, 4) is 0 Å². The number of hydrogen-bond acceptors (Lipinski definition) is 1. The number of unbranched alkanes of at least 4 members (excludes halogenated alkanes) is 1. The summed E-state index contributed by atoms with van der Waals surface area (Å²) in [5.41, 5.74) is 6.25. The molecular formula is C20H22IN. The predicted octanol–water partition coefficient (Wildman–Crippen LogP) is 5.82. The zero-order valence-corrected chi connectivity index (χ0v) is 15.2. The monoisotopic (exact) mass is 403 g/mol. The Balaban J connectivity index is 1.99. The molecule has 114 valence electrons. The number of anilines is 2. The molecule has 0 saturated carbocycles. The zero-order chi connectivity index (χ0) is 15.2. The highest BCUT2D eigenvalue weighted by Gasteiger charge is 2.50. The van der Waals surface area contributed by atoms with Gasteiger partial charge in [-0.25, -0.2) is 0 Å². The smallest absolute Gasteiger partial charge is 0.0455 e. The van der Waals surface area contributed by atoms with Crippen LogP contribution in [0.25, 0.3) is 0 Å². The number of benzene rings is 2. The minimum Gasteiger partial charge on any atom is -0.337 e. The maximum absolute atomic E-state index is 2.60. The number of alkyl halides is 1. The van der Waals surface area contributed by atoms with Gasteiger partial charge in [0.15, 0.2) is 0 Å². The van der Waals surface area contributed by atoms with E-state index in [1.165, 1.54) is 41.5 Å². The normalized spacial score (nSPS) is 25.0. The number of nitrogens with zero attached hydrogens (tertiary/aromatic N) is 1. The van der Waals surface area contributed by atoms with Crippen molar-refractivity contribution in [1.82, 2.24) is 0 Å². The van der Waals surface area contributed by atoms with Crippen LogP contribution >= 0.6 is 22.6 Å². The van der Waals surface area contributed by atoms with E-state index < -0.39 is 0 Å². The third-order valence-electron chi connectivity index (χ3n) is 5.44. The molecule has 2 heteroatoms.